The SMILES string of the molecule is CN(O)C(=O)CCCP(=O)(OCOC(=O)CCc1ccccc1)OCOC(=O)CCc1ccccc1. The van der Waals surface area contributed by atoms with E-state index in [4.69, 9.17) is 23.7 Å². The van der Waals surface area contributed by atoms with Crippen LogP contribution in [-0.4, -0.2) is 54.9 Å². The number of nitrogens with zero attached hydrogens (tertiary/aromatic N) is 1. The van der Waals surface area contributed by atoms with Crippen LogP contribution in [0.1, 0.15) is 36.8 Å². The zero-order chi connectivity index (χ0) is 26.2. The molecule has 11 heteroatoms. The van der Waals surface area contributed by atoms with Gasteiger partial charge >= 0.3 is 19.5 Å². The van der Waals surface area contributed by atoms with Crippen molar-refractivity contribution in [3.63, 3.8) is 0 Å². The van der Waals surface area contributed by atoms with Crippen LogP contribution in [0, 0.1) is 0 Å². The fourth-order valence-electron chi connectivity index (χ4n) is 3.02. The molecule has 1 amide bonds. The second-order valence-electron chi connectivity index (χ2n) is 7.85. The summed E-state index contributed by atoms with van der Waals surface area (Å²) in [5, 5.41) is 9.58. The largest absolute Gasteiger partial charge is 0.438 e. The quantitative estimate of drug-likeness (QED) is 0.114. The van der Waals surface area contributed by atoms with Crippen molar-refractivity contribution in [2.24, 2.45) is 0 Å². The standard InChI is InChI=1S/C25H32NO9P/c1-26(30)23(27)13-8-18-36(31,34-19-32-24(28)16-14-21-9-4-2-5-10-21)35-20-33-25(29)17-15-22-11-6-3-7-12-22/h2-7,9-12,30H,8,13-20H2,1H3. The number of carbonyl (C=O) groups is 3. The first-order valence-electron chi connectivity index (χ1n) is 11.5. The first-order chi connectivity index (χ1) is 17.3. The molecule has 0 unspecified atom stereocenters. The zero-order valence-corrected chi connectivity index (χ0v) is 21.1. The average molecular weight is 522 g/mol. The number of amides is 1. The fraction of sp³-hybridized carbons (Fsp3) is 0.400. The Morgan fingerprint density at radius 3 is 1.64 bits per heavy atom. The van der Waals surface area contributed by atoms with Crippen LogP contribution >= 0.6 is 7.60 Å². The Morgan fingerprint density at radius 1 is 0.778 bits per heavy atom. The molecule has 196 valence electrons. The van der Waals surface area contributed by atoms with Gasteiger partial charge in [0.15, 0.2) is 0 Å². The third-order valence-corrected chi connectivity index (χ3v) is 6.90. The number of esters is 2. The van der Waals surface area contributed by atoms with E-state index in [0.717, 1.165) is 11.1 Å². The number of benzene rings is 2. The third-order valence-electron chi connectivity index (χ3n) is 5.04. The van der Waals surface area contributed by atoms with Crippen LogP contribution in [0.2, 0.25) is 0 Å². The Labute approximate surface area is 210 Å². The molecule has 0 atom stereocenters. The molecule has 0 aliphatic carbocycles. The Hall–Kier alpha value is -3.04. The number of hydrogen-bond donors (Lipinski definition) is 1. The Balaban J connectivity index is 1.79. The Bertz CT molecular complexity index is 934. The maximum Gasteiger partial charge on any atom is 0.336 e. The van der Waals surface area contributed by atoms with Crippen molar-refractivity contribution in [2.75, 3.05) is 26.8 Å². The predicted molar refractivity (Wildman–Crippen MR) is 130 cm³/mol. The van der Waals surface area contributed by atoms with Crippen molar-refractivity contribution in [2.45, 2.75) is 38.5 Å². The summed E-state index contributed by atoms with van der Waals surface area (Å²) in [4.78, 5) is 35.6. The maximum absolute atomic E-state index is 13.1. The third kappa shape index (κ3) is 12.1. The topological polar surface area (TPSA) is 129 Å². The first kappa shape index (κ1) is 29.2. The van der Waals surface area contributed by atoms with E-state index in [0.29, 0.717) is 17.9 Å². The van der Waals surface area contributed by atoms with Crippen molar-refractivity contribution < 1.29 is 42.7 Å². The smallest absolute Gasteiger partial charge is 0.336 e. The van der Waals surface area contributed by atoms with Gasteiger partial charge in [0, 0.05) is 26.3 Å². The number of aryl methyl sites for hydroxylation is 2. The van der Waals surface area contributed by atoms with Gasteiger partial charge in [0.2, 0.25) is 19.5 Å². The normalized spacial score (nSPS) is 11.1. The molecule has 2 aromatic rings. The van der Waals surface area contributed by atoms with Crippen molar-refractivity contribution in [3.05, 3.63) is 71.8 Å². The summed E-state index contributed by atoms with van der Waals surface area (Å²) in [6, 6.07) is 18.8. The molecule has 0 radical (unpaired) electrons. The van der Waals surface area contributed by atoms with Crippen molar-refractivity contribution in [3.8, 4) is 0 Å². The minimum atomic E-state index is -3.88. The lowest BCUT2D eigenvalue weighted by molar-refractivity contribution is -0.159. The molecule has 0 saturated heterocycles. The highest BCUT2D eigenvalue weighted by atomic mass is 31.2. The van der Waals surface area contributed by atoms with E-state index in [9.17, 15) is 18.9 Å². The number of carbonyl (C=O) groups excluding carboxylic acids is 3. The van der Waals surface area contributed by atoms with Gasteiger partial charge in [0.05, 0.1) is 6.16 Å². The lowest BCUT2D eigenvalue weighted by Gasteiger charge is -2.18. The summed E-state index contributed by atoms with van der Waals surface area (Å²) in [5.41, 5.74) is 1.94. The lowest BCUT2D eigenvalue weighted by Crippen LogP contribution is -2.22. The fourth-order valence-corrected chi connectivity index (χ4v) is 4.33. The molecule has 0 aliphatic rings. The summed E-state index contributed by atoms with van der Waals surface area (Å²) >= 11 is 0. The number of ether oxygens (including phenoxy) is 2. The van der Waals surface area contributed by atoms with Gasteiger partial charge in [-0.2, -0.15) is 0 Å². The van der Waals surface area contributed by atoms with Gasteiger partial charge in [-0.05, 0) is 30.4 Å². The molecular formula is C25H32NO9P. The van der Waals surface area contributed by atoms with Crippen LogP contribution in [0.3, 0.4) is 0 Å². The molecule has 10 nitrogen and oxygen atoms in total. The van der Waals surface area contributed by atoms with Gasteiger partial charge in [-0.15, -0.1) is 0 Å². The molecule has 0 spiro atoms. The van der Waals surface area contributed by atoms with Crippen LogP contribution in [0.4, 0.5) is 0 Å². The van der Waals surface area contributed by atoms with E-state index in [-0.39, 0.29) is 31.8 Å². The van der Waals surface area contributed by atoms with Crippen LogP contribution in [0.5, 0.6) is 0 Å². The van der Waals surface area contributed by atoms with Crippen molar-refractivity contribution >= 4 is 25.4 Å². The maximum atomic E-state index is 13.1. The van der Waals surface area contributed by atoms with Gasteiger partial charge < -0.3 is 9.47 Å². The number of hydrogen-bond acceptors (Lipinski definition) is 9. The molecule has 0 bridgehead atoms. The first-order valence-corrected chi connectivity index (χ1v) is 13.2. The van der Waals surface area contributed by atoms with Crippen molar-refractivity contribution in [1.29, 1.82) is 0 Å². The molecule has 0 aliphatic heterocycles. The minimum Gasteiger partial charge on any atom is -0.438 e. The van der Waals surface area contributed by atoms with E-state index in [1.54, 1.807) is 0 Å². The molecule has 0 saturated carbocycles. The van der Waals surface area contributed by atoms with Gasteiger partial charge in [0.25, 0.3) is 0 Å². The van der Waals surface area contributed by atoms with Gasteiger partial charge in [-0.25, -0.2) is 5.06 Å². The highest BCUT2D eigenvalue weighted by Gasteiger charge is 2.26. The zero-order valence-electron chi connectivity index (χ0n) is 20.2. The minimum absolute atomic E-state index is 0.0604. The van der Waals surface area contributed by atoms with Crippen molar-refractivity contribution in [1.82, 2.24) is 5.06 Å². The lowest BCUT2D eigenvalue weighted by atomic mass is 10.1. The second-order valence-corrected chi connectivity index (χ2v) is 10.0. The van der Waals surface area contributed by atoms with Gasteiger partial charge in [0.1, 0.15) is 0 Å². The Morgan fingerprint density at radius 2 is 1.22 bits per heavy atom. The van der Waals surface area contributed by atoms with E-state index in [1.165, 1.54) is 7.05 Å². The van der Waals surface area contributed by atoms with Crippen LogP contribution in [-0.2, 0) is 50.3 Å². The van der Waals surface area contributed by atoms with E-state index in [1.807, 2.05) is 60.7 Å². The van der Waals surface area contributed by atoms with E-state index < -0.39 is 39.0 Å². The molecular weight excluding hydrogens is 489 g/mol. The molecule has 2 rings (SSSR count). The van der Waals surface area contributed by atoms with Gasteiger partial charge in [-0.3, -0.25) is 33.2 Å². The summed E-state index contributed by atoms with van der Waals surface area (Å²) in [5.74, 6) is -1.68. The molecule has 1 N–H and O–H groups in total. The predicted octanol–water partition coefficient (Wildman–Crippen LogP) is 4.11. The van der Waals surface area contributed by atoms with Crippen LogP contribution < -0.4 is 0 Å². The van der Waals surface area contributed by atoms with E-state index in [2.05, 4.69) is 0 Å². The molecule has 0 aromatic heterocycles. The monoisotopic (exact) mass is 521 g/mol. The molecule has 2 aromatic carbocycles. The molecule has 0 fully saturated rings. The van der Waals surface area contributed by atoms with E-state index >= 15 is 0 Å². The highest BCUT2D eigenvalue weighted by molar-refractivity contribution is 7.53. The van der Waals surface area contributed by atoms with Crippen LogP contribution in [0.15, 0.2) is 60.7 Å². The van der Waals surface area contributed by atoms with Gasteiger partial charge in [-0.1, -0.05) is 60.7 Å². The molecule has 0 heterocycles. The Kier molecular flexibility index (Phi) is 12.9. The second kappa shape index (κ2) is 15.9. The number of rotatable bonds is 16. The molecule has 36 heavy (non-hydrogen) atoms. The van der Waals surface area contributed by atoms with Crippen LogP contribution in [0.25, 0.3) is 0 Å². The number of hydroxylamine groups is 2. The summed E-state index contributed by atoms with van der Waals surface area (Å²) < 4.78 is 33.5. The highest BCUT2D eigenvalue weighted by Crippen LogP contribution is 2.49. The summed E-state index contributed by atoms with van der Waals surface area (Å²) in [6.45, 7) is -1.25. The average Bonchev–Trinajstić information content (AvgIpc) is 2.87. The summed E-state index contributed by atoms with van der Waals surface area (Å²) in [7, 11) is -2.70. The summed E-state index contributed by atoms with van der Waals surface area (Å²) in [6.07, 6.45) is 0.898.